The van der Waals surface area contributed by atoms with Crippen molar-refractivity contribution >= 4 is 23.9 Å². The van der Waals surface area contributed by atoms with Crippen molar-refractivity contribution in [1.29, 1.82) is 0 Å². The van der Waals surface area contributed by atoms with Crippen molar-refractivity contribution in [3.8, 4) is 0 Å². The second kappa shape index (κ2) is 53.8. The molecule has 1 aliphatic heterocycles. The van der Waals surface area contributed by atoms with Crippen LogP contribution in [0.1, 0.15) is 316 Å². The standard InChI is InChI=1S/C65H118O12/c1-4-7-10-13-16-19-22-25-27-29-31-34-36-39-42-45-48-51-57(66)73-54-56(75-58(67)52-49-46-43-40-38-35-32-30-28-26-23-20-17-14-11-8-5-2)55-74-65-63(61(70)60(69)62(77-65)64(71)72)76-59(68)53-50-47-44-41-37-33-24-21-18-15-12-9-6-3/h16,19,25,27,56,60-63,65,69-70H,4-15,17-18,20-24,26,28-55H2,1-3H3,(H,71,72)/b19-16-,27-25-. The Morgan fingerprint density at radius 2 is 0.779 bits per heavy atom. The summed E-state index contributed by atoms with van der Waals surface area (Å²) in [7, 11) is 0. The van der Waals surface area contributed by atoms with E-state index < -0.39 is 67.3 Å². The highest BCUT2D eigenvalue weighted by Crippen LogP contribution is 2.27. The molecule has 1 fully saturated rings. The van der Waals surface area contributed by atoms with Gasteiger partial charge >= 0.3 is 23.9 Å². The predicted molar refractivity (Wildman–Crippen MR) is 313 cm³/mol. The van der Waals surface area contributed by atoms with Crippen LogP contribution in [0.4, 0.5) is 0 Å². The Kier molecular flexibility index (Phi) is 50.5. The number of aliphatic hydroxyl groups is 2. The topological polar surface area (TPSA) is 175 Å². The molecule has 0 radical (unpaired) electrons. The molecule has 1 rings (SSSR count). The van der Waals surface area contributed by atoms with Crippen LogP contribution in [0.3, 0.4) is 0 Å². The molecule has 6 unspecified atom stereocenters. The highest BCUT2D eigenvalue weighted by Gasteiger charge is 2.50. The van der Waals surface area contributed by atoms with E-state index in [2.05, 4.69) is 45.1 Å². The third-order valence-corrected chi connectivity index (χ3v) is 15.0. The minimum absolute atomic E-state index is 0.0668. The van der Waals surface area contributed by atoms with Crippen LogP contribution >= 0.6 is 0 Å². The fraction of sp³-hybridized carbons (Fsp3) is 0.877. The number of ether oxygens (including phenoxy) is 5. The number of rotatable bonds is 56. The number of aliphatic carboxylic acids is 1. The van der Waals surface area contributed by atoms with Crippen molar-refractivity contribution in [2.24, 2.45) is 0 Å². The van der Waals surface area contributed by atoms with E-state index >= 15 is 0 Å². The van der Waals surface area contributed by atoms with Crippen molar-refractivity contribution in [3.05, 3.63) is 24.3 Å². The van der Waals surface area contributed by atoms with Crippen molar-refractivity contribution in [1.82, 2.24) is 0 Å². The molecule has 0 bridgehead atoms. The summed E-state index contributed by atoms with van der Waals surface area (Å²) >= 11 is 0. The van der Waals surface area contributed by atoms with Gasteiger partial charge in [-0.15, -0.1) is 0 Å². The Morgan fingerprint density at radius 3 is 1.19 bits per heavy atom. The Morgan fingerprint density at radius 1 is 0.429 bits per heavy atom. The van der Waals surface area contributed by atoms with Gasteiger partial charge in [0, 0.05) is 19.3 Å². The molecule has 1 aliphatic rings. The first-order chi connectivity index (χ1) is 37.6. The maximum atomic E-state index is 13.2. The van der Waals surface area contributed by atoms with Crippen LogP contribution in [0.5, 0.6) is 0 Å². The molecule has 450 valence electrons. The third-order valence-electron chi connectivity index (χ3n) is 15.0. The lowest BCUT2D eigenvalue weighted by Gasteiger charge is -2.40. The Labute approximate surface area is 470 Å². The largest absolute Gasteiger partial charge is 0.479 e. The molecule has 1 saturated heterocycles. The van der Waals surface area contributed by atoms with E-state index in [4.69, 9.17) is 23.7 Å². The predicted octanol–water partition coefficient (Wildman–Crippen LogP) is 17.0. The molecular weight excluding hydrogens is 973 g/mol. The zero-order valence-electron chi connectivity index (χ0n) is 49.7. The Balaban J connectivity index is 2.65. The Hall–Kier alpha value is -2.80. The molecule has 0 aliphatic carbocycles. The number of esters is 3. The number of carbonyl (C=O) groups is 4. The average Bonchev–Trinajstić information content (AvgIpc) is 3.42. The van der Waals surface area contributed by atoms with Gasteiger partial charge in [-0.3, -0.25) is 14.4 Å². The molecule has 1 heterocycles. The van der Waals surface area contributed by atoms with Gasteiger partial charge in [-0.05, 0) is 51.4 Å². The van der Waals surface area contributed by atoms with Crippen LogP contribution in [0.15, 0.2) is 24.3 Å². The number of aliphatic hydroxyl groups excluding tert-OH is 2. The van der Waals surface area contributed by atoms with E-state index in [0.717, 1.165) is 77.0 Å². The summed E-state index contributed by atoms with van der Waals surface area (Å²) in [4.78, 5) is 51.3. The van der Waals surface area contributed by atoms with Crippen LogP contribution in [-0.2, 0) is 42.9 Å². The molecule has 0 aromatic heterocycles. The molecule has 6 atom stereocenters. The molecule has 77 heavy (non-hydrogen) atoms. The van der Waals surface area contributed by atoms with E-state index in [1.807, 2.05) is 0 Å². The zero-order chi connectivity index (χ0) is 56.1. The smallest absolute Gasteiger partial charge is 0.335 e. The summed E-state index contributed by atoms with van der Waals surface area (Å²) in [5, 5.41) is 31.5. The molecule has 3 N–H and O–H groups in total. The third kappa shape index (κ3) is 43.7. The summed E-state index contributed by atoms with van der Waals surface area (Å²) in [6.45, 7) is 6.01. The number of carbonyl (C=O) groups excluding carboxylic acids is 3. The monoisotopic (exact) mass is 1090 g/mol. The van der Waals surface area contributed by atoms with Gasteiger partial charge in [0.1, 0.15) is 18.8 Å². The summed E-state index contributed by atoms with van der Waals surface area (Å²) in [6, 6.07) is 0. The maximum Gasteiger partial charge on any atom is 0.335 e. The molecule has 12 heteroatoms. The van der Waals surface area contributed by atoms with Crippen molar-refractivity contribution in [2.45, 2.75) is 353 Å². The fourth-order valence-electron chi connectivity index (χ4n) is 10.0. The second-order valence-electron chi connectivity index (χ2n) is 22.4. The van der Waals surface area contributed by atoms with Gasteiger partial charge in [-0.2, -0.15) is 0 Å². The van der Waals surface area contributed by atoms with Gasteiger partial charge in [0.25, 0.3) is 0 Å². The highest BCUT2D eigenvalue weighted by molar-refractivity contribution is 5.74. The van der Waals surface area contributed by atoms with E-state index in [-0.39, 0.29) is 25.9 Å². The van der Waals surface area contributed by atoms with Crippen LogP contribution in [0, 0.1) is 0 Å². The molecule has 0 amide bonds. The van der Waals surface area contributed by atoms with Gasteiger partial charge in [-0.25, -0.2) is 4.79 Å². The molecular formula is C65H118O12. The lowest BCUT2D eigenvalue weighted by atomic mass is 9.98. The quantitative estimate of drug-likeness (QED) is 0.0228. The van der Waals surface area contributed by atoms with Crippen molar-refractivity contribution < 1.29 is 58.2 Å². The number of allylic oxidation sites excluding steroid dienone is 4. The van der Waals surface area contributed by atoms with Crippen LogP contribution < -0.4 is 0 Å². The number of carboxylic acids is 1. The second-order valence-corrected chi connectivity index (χ2v) is 22.4. The van der Waals surface area contributed by atoms with E-state index in [1.54, 1.807) is 0 Å². The van der Waals surface area contributed by atoms with Crippen LogP contribution in [-0.4, -0.2) is 89.2 Å². The lowest BCUT2D eigenvalue weighted by molar-refractivity contribution is -0.301. The maximum absolute atomic E-state index is 13.2. The fourth-order valence-corrected chi connectivity index (χ4v) is 10.0. The first-order valence-corrected chi connectivity index (χ1v) is 32.3. The average molecular weight is 1090 g/mol. The Bertz CT molecular complexity index is 1430. The van der Waals surface area contributed by atoms with Crippen molar-refractivity contribution in [3.63, 3.8) is 0 Å². The first-order valence-electron chi connectivity index (χ1n) is 32.3. The minimum atomic E-state index is -1.90. The number of carboxylic acid groups (broad SMARTS) is 1. The lowest BCUT2D eigenvalue weighted by Crippen LogP contribution is -2.61. The van der Waals surface area contributed by atoms with Gasteiger partial charge in [0.15, 0.2) is 24.6 Å². The van der Waals surface area contributed by atoms with Gasteiger partial charge in [0.05, 0.1) is 6.61 Å². The van der Waals surface area contributed by atoms with E-state index in [1.165, 1.54) is 180 Å². The molecule has 0 spiro atoms. The summed E-state index contributed by atoms with van der Waals surface area (Å²) < 4.78 is 28.5. The van der Waals surface area contributed by atoms with Crippen LogP contribution in [0.2, 0.25) is 0 Å². The SMILES string of the molecule is CCCCC/C=C\C/C=C\CCCCCCCCCC(=O)OCC(COC1OC(C(=O)O)C(O)C(O)C1OC(=O)CCCCCCCCCCCCCCC)OC(=O)CCCCCCCCCCCCCCCCCCC. The minimum Gasteiger partial charge on any atom is -0.479 e. The first kappa shape index (κ1) is 72.2. The highest BCUT2D eigenvalue weighted by atomic mass is 16.7. The molecule has 0 saturated carbocycles. The summed E-state index contributed by atoms with van der Waals surface area (Å²) in [5.74, 6) is -3.09. The number of hydrogen-bond acceptors (Lipinski definition) is 11. The van der Waals surface area contributed by atoms with Gasteiger partial charge in [-0.1, -0.05) is 270 Å². The normalized spacial score (nSPS) is 18.1. The van der Waals surface area contributed by atoms with E-state index in [0.29, 0.717) is 19.3 Å². The van der Waals surface area contributed by atoms with Crippen molar-refractivity contribution in [2.75, 3.05) is 13.2 Å². The molecule has 0 aromatic rings. The number of unbranched alkanes of at least 4 members (excludes halogenated alkanes) is 38. The van der Waals surface area contributed by atoms with E-state index in [9.17, 15) is 34.5 Å². The zero-order valence-corrected chi connectivity index (χ0v) is 49.7. The summed E-state index contributed by atoms with van der Waals surface area (Å²) in [5.41, 5.74) is 0. The van der Waals surface area contributed by atoms with Gasteiger partial charge < -0.3 is 39.0 Å². The number of hydrogen-bond donors (Lipinski definition) is 3. The summed E-state index contributed by atoms with van der Waals surface area (Å²) in [6.07, 6.45) is 49.9. The van der Waals surface area contributed by atoms with Gasteiger partial charge in [0.2, 0.25) is 0 Å². The molecule has 0 aromatic carbocycles. The van der Waals surface area contributed by atoms with Crippen LogP contribution in [0.25, 0.3) is 0 Å². The molecule has 12 nitrogen and oxygen atoms in total.